The standard InChI is InChI=1S/C23H26ClN5O5/c1-3-27-9-11-28(12-10-27)23(31)21-14(2)20-17(5-4-6-19(20)34-21)25-26-22(30)15-7-8-16(24)18(13-15)29(32)33/h7-8,13H,3-6,9-12H2,1-2H3,(H,26,30)/b25-17+. The van der Waals surface area contributed by atoms with E-state index >= 15 is 0 Å². The van der Waals surface area contributed by atoms with Crippen molar-refractivity contribution in [2.45, 2.75) is 33.1 Å². The topological polar surface area (TPSA) is 121 Å². The average Bonchev–Trinajstić information content (AvgIpc) is 3.19. The number of furan rings is 1. The van der Waals surface area contributed by atoms with Crippen molar-refractivity contribution >= 4 is 34.8 Å². The van der Waals surface area contributed by atoms with E-state index in [0.29, 0.717) is 48.7 Å². The van der Waals surface area contributed by atoms with E-state index in [0.717, 1.165) is 37.7 Å². The van der Waals surface area contributed by atoms with Crippen LogP contribution in [0.25, 0.3) is 0 Å². The summed E-state index contributed by atoms with van der Waals surface area (Å²) < 4.78 is 5.99. The van der Waals surface area contributed by atoms with Crippen molar-refractivity contribution < 1.29 is 18.9 Å². The quantitative estimate of drug-likeness (QED) is 0.509. The molecule has 1 saturated heterocycles. The second-order valence-corrected chi connectivity index (χ2v) is 8.76. The van der Waals surface area contributed by atoms with E-state index in [2.05, 4.69) is 22.4 Å². The first-order valence-corrected chi connectivity index (χ1v) is 11.6. The van der Waals surface area contributed by atoms with Gasteiger partial charge in [-0.1, -0.05) is 18.5 Å². The molecule has 2 heterocycles. The molecule has 2 aliphatic rings. The van der Waals surface area contributed by atoms with Gasteiger partial charge in [-0.25, -0.2) is 5.43 Å². The number of halogens is 1. The lowest BCUT2D eigenvalue weighted by atomic mass is 9.93. The number of fused-ring (bicyclic) bond motifs is 1. The number of rotatable bonds is 5. The number of likely N-dealkylation sites (N-methyl/N-ethyl adjacent to an activating group) is 1. The van der Waals surface area contributed by atoms with Crippen LogP contribution in [0.2, 0.25) is 5.02 Å². The third-order valence-corrected chi connectivity index (χ3v) is 6.64. The summed E-state index contributed by atoms with van der Waals surface area (Å²) in [6.45, 7) is 7.89. The van der Waals surface area contributed by atoms with Crippen molar-refractivity contribution in [1.82, 2.24) is 15.2 Å². The van der Waals surface area contributed by atoms with Crippen molar-refractivity contribution in [3.05, 3.63) is 61.5 Å². The highest BCUT2D eigenvalue weighted by Gasteiger charge is 2.31. The van der Waals surface area contributed by atoms with Gasteiger partial charge in [-0.15, -0.1) is 0 Å². The van der Waals surface area contributed by atoms with Gasteiger partial charge in [0.05, 0.1) is 10.6 Å². The Morgan fingerprint density at radius 2 is 1.97 bits per heavy atom. The van der Waals surface area contributed by atoms with Crippen LogP contribution in [0.3, 0.4) is 0 Å². The minimum atomic E-state index is -0.645. The monoisotopic (exact) mass is 487 g/mol. The van der Waals surface area contributed by atoms with E-state index in [1.807, 2.05) is 11.8 Å². The SMILES string of the molecule is CCN1CCN(C(=O)c2oc3c(c2C)/C(=N/NC(=O)c2ccc(Cl)c([N+](=O)[O-])c2)CCC3)CC1. The molecule has 1 aromatic carbocycles. The molecule has 1 aromatic heterocycles. The average molecular weight is 488 g/mol. The Morgan fingerprint density at radius 1 is 1.24 bits per heavy atom. The fourth-order valence-corrected chi connectivity index (χ4v) is 4.56. The molecule has 180 valence electrons. The molecule has 0 atom stereocenters. The molecule has 0 unspecified atom stereocenters. The second kappa shape index (κ2) is 9.94. The number of amides is 2. The fraction of sp³-hybridized carbons (Fsp3) is 0.435. The van der Waals surface area contributed by atoms with Crippen LogP contribution >= 0.6 is 11.6 Å². The van der Waals surface area contributed by atoms with Gasteiger partial charge in [0, 0.05) is 55.4 Å². The third-order valence-electron chi connectivity index (χ3n) is 6.32. The summed E-state index contributed by atoms with van der Waals surface area (Å²) in [4.78, 5) is 40.3. The highest BCUT2D eigenvalue weighted by molar-refractivity contribution is 6.32. The first-order chi connectivity index (χ1) is 16.3. The molecule has 2 amide bonds. The maximum atomic E-state index is 13.1. The molecule has 34 heavy (non-hydrogen) atoms. The molecule has 1 aliphatic heterocycles. The molecule has 0 saturated carbocycles. The van der Waals surface area contributed by atoms with Gasteiger partial charge in [0.2, 0.25) is 0 Å². The number of carbonyl (C=O) groups is 2. The van der Waals surface area contributed by atoms with Crippen molar-refractivity contribution in [3.8, 4) is 0 Å². The van der Waals surface area contributed by atoms with Crippen molar-refractivity contribution in [2.75, 3.05) is 32.7 Å². The Kier molecular flexibility index (Phi) is 6.99. The van der Waals surface area contributed by atoms with Crippen LogP contribution in [0, 0.1) is 17.0 Å². The lowest BCUT2D eigenvalue weighted by molar-refractivity contribution is -0.384. The maximum Gasteiger partial charge on any atom is 0.289 e. The summed E-state index contributed by atoms with van der Waals surface area (Å²) in [6, 6.07) is 3.82. The van der Waals surface area contributed by atoms with Crippen molar-refractivity contribution in [2.24, 2.45) is 5.10 Å². The zero-order chi connectivity index (χ0) is 24.4. The van der Waals surface area contributed by atoms with E-state index in [-0.39, 0.29) is 22.2 Å². The Bertz CT molecular complexity index is 1170. The minimum Gasteiger partial charge on any atom is -0.455 e. The van der Waals surface area contributed by atoms with Gasteiger partial charge in [0.25, 0.3) is 17.5 Å². The van der Waals surface area contributed by atoms with Crippen LogP contribution in [-0.4, -0.2) is 65.0 Å². The number of hydrogen-bond donors (Lipinski definition) is 1. The fourth-order valence-electron chi connectivity index (χ4n) is 4.37. The molecule has 0 spiro atoms. The van der Waals surface area contributed by atoms with E-state index < -0.39 is 10.8 Å². The molecule has 11 heteroatoms. The highest BCUT2D eigenvalue weighted by atomic mass is 35.5. The largest absolute Gasteiger partial charge is 0.455 e. The van der Waals surface area contributed by atoms with E-state index in [1.165, 1.54) is 12.1 Å². The van der Waals surface area contributed by atoms with Gasteiger partial charge in [-0.2, -0.15) is 5.10 Å². The molecule has 1 N–H and O–H groups in total. The molecule has 1 aliphatic carbocycles. The number of benzene rings is 1. The molecule has 0 radical (unpaired) electrons. The van der Waals surface area contributed by atoms with E-state index in [9.17, 15) is 19.7 Å². The van der Waals surface area contributed by atoms with Crippen LogP contribution in [0.4, 0.5) is 5.69 Å². The summed E-state index contributed by atoms with van der Waals surface area (Å²) in [5, 5.41) is 15.3. The summed E-state index contributed by atoms with van der Waals surface area (Å²) >= 11 is 5.82. The first-order valence-electron chi connectivity index (χ1n) is 11.2. The number of nitrogens with one attached hydrogen (secondary N) is 1. The summed E-state index contributed by atoms with van der Waals surface area (Å²) in [5.41, 5.74) is 4.29. The maximum absolute atomic E-state index is 13.1. The Balaban J connectivity index is 1.54. The third kappa shape index (κ3) is 4.69. The zero-order valence-corrected chi connectivity index (χ0v) is 19.9. The smallest absolute Gasteiger partial charge is 0.289 e. The van der Waals surface area contributed by atoms with Crippen molar-refractivity contribution in [3.63, 3.8) is 0 Å². The van der Waals surface area contributed by atoms with Gasteiger partial charge in [-0.05, 0) is 38.4 Å². The van der Waals surface area contributed by atoms with E-state index in [4.69, 9.17) is 16.0 Å². The first kappa shape index (κ1) is 23.9. The summed E-state index contributed by atoms with van der Waals surface area (Å²) in [6.07, 6.45) is 2.06. The van der Waals surface area contributed by atoms with Crippen molar-refractivity contribution in [1.29, 1.82) is 0 Å². The van der Waals surface area contributed by atoms with Gasteiger partial charge in [-0.3, -0.25) is 19.7 Å². The van der Waals surface area contributed by atoms with Crippen LogP contribution in [0.15, 0.2) is 27.7 Å². The zero-order valence-electron chi connectivity index (χ0n) is 19.1. The summed E-state index contributed by atoms with van der Waals surface area (Å²) in [5.74, 6) is 0.295. The number of hydrogen-bond acceptors (Lipinski definition) is 7. The van der Waals surface area contributed by atoms with Crippen LogP contribution < -0.4 is 5.43 Å². The van der Waals surface area contributed by atoms with Crippen LogP contribution in [-0.2, 0) is 6.42 Å². The Morgan fingerprint density at radius 3 is 2.65 bits per heavy atom. The number of nitro benzene ring substituents is 1. The predicted octanol–water partition coefficient (Wildman–Crippen LogP) is 3.40. The number of piperazine rings is 1. The lowest BCUT2D eigenvalue weighted by Gasteiger charge is -2.33. The molecular formula is C23H26ClN5O5. The Hall–Kier alpha value is -3.24. The number of hydrazone groups is 1. The second-order valence-electron chi connectivity index (χ2n) is 8.36. The van der Waals surface area contributed by atoms with Gasteiger partial charge in [0.1, 0.15) is 10.8 Å². The normalized spacial score (nSPS) is 17.5. The van der Waals surface area contributed by atoms with Gasteiger partial charge in [0.15, 0.2) is 5.76 Å². The molecule has 1 fully saturated rings. The van der Waals surface area contributed by atoms with Crippen LogP contribution in [0.5, 0.6) is 0 Å². The predicted molar refractivity (Wildman–Crippen MR) is 127 cm³/mol. The van der Waals surface area contributed by atoms with E-state index in [1.54, 1.807) is 0 Å². The minimum absolute atomic E-state index is 0.0490. The number of aryl methyl sites for hydroxylation is 1. The Labute approximate surface area is 201 Å². The van der Waals surface area contributed by atoms with Gasteiger partial charge >= 0.3 is 0 Å². The number of nitro groups is 1. The number of nitrogens with zero attached hydrogens (tertiary/aromatic N) is 4. The van der Waals surface area contributed by atoms with Crippen LogP contribution in [0.1, 0.15) is 57.6 Å². The number of carbonyl (C=O) groups excluding carboxylic acids is 2. The lowest BCUT2D eigenvalue weighted by Crippen LogP contribution is -2.48. The molecule has 2 aromatic rings. The molecular weight excluding hydrogens is 462 g/mol. The highest BCUT2D eigenvalue weighted by Crippen LogP contribution is 2.31. The molecule has 10 nitrogen and oxygen atoms in total. The summed E-state index contributed by atoms with van der Waals surface area (Å²) in [7, 11) is 0. The van der Waals surface area contributed by atoms with Gasteiger partial charge < -0.3 is 14.2 Å². The molecule has 0 bridgehead atoms. The molecule has 4 rings (SSSR count).